The molecule has 0 rings (SSSR count). The van der Waals surface area contributed by atoms with Crippen molar-refractivity contribution in [2.24, 2.45) is 0 Å². The van der Waals surface area contributed by atoms with Crippen LogP contribution in [-0.4, -0.2) is 14.0 Å². The van der Waals surface area contributed by atoms with Gasteiger partial charge in [0.15, 0.2) is 6.43 Å². The highest BCUT2D eigenvalue weighted by Crippen LogP contribution is 2.04. The third kappa shape index (κ3) is 4.56. The van der Waals surface area contributed by atoms with Crippen molar-refractivity contribution in [1.29, 1.82) is 0 Å². The Morgan fingerprint density at radius 1 is 1.60 bits per heavy atom. The van der Waals surface area contributed by atoms with Gasteiger partial charge in [0.1, 0.15) is 7.57 Å². The molecule has 0 N–H and O–H groups in total. The minimum atomic E-state index is 0.912. The molecule has 28 valence electrons. The average Bonchev–Trinajstić information content (AvgIpc) is 1.38. The van der Waals surface area contributed by atoms with Crippen LogP contribution in [0.2, 0.25) is 13.6 Å². The van der Waals surface area contributed by atoms with Crippen molar-refractivity contribution in [3.63, 3.8) is 0 Å². The van der Waals surface area contributed by atoms with Gasteiger partial charge in [0.25, 0.3) is 0 Å². The summed E-state index contributed by atoms with van der Waals surface area (Å²) in [4.78, 5) is 0. The topological polar surface area (TPSA) is 0 Å². The van der Waals surface area contributed by atoms with Gasteiger partial charge in [-0.3, -0.25) is 0 Å². The molecule has 0 nitrogen and oxygen atoms in total. The zero-order chi connectivity index (χ0) is 4.28. The molecule has 0 aliphatic rings. The van der Waals surface area contributed by atoms with E-state index in [-0.39, 0.29) is 0 Å². The summed E-state index contributed by atoms with van der Waals surface area (Å²) in [6.45, 7) is 4.47. The van der Waals surface area contributed by atoms with E-state index in [2.05, 4.69) is 21.2 Å². The van der Waals surface area contributed by atoms with E-state index in [4.69, 9.17) is 0 Å². The molecular weight excluding hydrogens is 76.6 g/mol. The van der Waals surface area contributed by atoms with E-state index in [1.165, 1.54) is 0 Å². The quantitative estimate of drug-likeness (QED) is 0.321. The van der Waals surface area contributed by atoms with E-state index in [1.807, 2.05) is 0 Å². The zero-order valence-electron chi connectivity index (χ0n) is 4.08. The second kappa shape index (κ2) is 2.78. The molecule has 1 unspecified atom stereocenters. The predicted octanol–water partition coefficient (Wildman–Crippen LogP) is 0.464. The Labute approximate surface area is 36.9 Å². The molecule has 0 spiro atoms. The van der Waals surface area contributed by atoms with Gasteiger partial charge in [-0.25, -0.2) is 0 Å². The molecule has 0 bridgehead atoms. The highest BCUT2D eigenvalue weighted by atomic mass is 31.1. The van der Waals surface area contributed by atoms with E-state index >= 15 is 0 Å². The normalized spacial score (nSPS) is 10.0. The fourth-order valence-electron chi connectivity index (χ4n) is 0. The van der Waals surface area contributed by atoms with E-state index in [0.717, 1.165) is 14.8 Å². The van der Waals surface area contributed by atoms with Crippen molar-refractivity contribution < 1.29 is 0 Å². The van der Waals surface area contributed by atoms with Gasteiger partial charge in [-0.2, -0.15) is 8.34 Å². The van der Waals surface area contributed by atoms with Crippen LogP contribution in [0.1, 0.15) is 0 Å². The third-order valence-electron chi connectivity index (χ3n) is 0.577. The summed E-state index contributed by atoms with van der Waals surface area (Å²) >= 11 is 0. The Morgan fingerprint density at radius 2 is 1.80 bits per heavy atom. The first kappa shape index (κ1) is 5.56. The van der Waals surface area contributed by atoms with Crippen LogP contribution < -0.4 is 0 Å². The first-order valence-corrected chi connectivity index (χ1v) is 3.52. The summed E-state index contributed by atoms with van der Waals surface area (Å²) in [5.74, 6) is 0. The minimum absolute atomic E-state index is 0.912. The van der Waals surface area contributed by atoms with Crippen molar-refractivity contribution in [3.05, 3.63) is 0 Å². The van der Waals surface area contributed by atoms with E-state index < -0.39 is 0 Å². The molecule has 0 aromatic heterocycles. The second-order valence-corrected chi connectivity index (χ2v) is 3.18. The zero-order valence-corrected chi connectivity index (χ0v) is 5.08. The lowest BCUT2D eigenvalue weighted by molar-refractivity contribution is 2.11. The Bertz CT molecular complexity index is 21.6. The Balaban J connectivity index is 2.54. The third-order valence-corrected chi connectivity index (χ3v) is 1.73. The number of hydrogen-bond acceptors (Lipinski definition) is 0. The van der Waals surface area contributed by atoms with Gasteiger partial charge in [0.05, 0.1) is 0 Å². The largest absolute Gasteiger partial charge is 0.195 e. The molecule has 0 heterocycles. The molecule has 0 aliphatic carbocycles. The molecule has 1 atom stereocenters. The van der Waals surface area contributed by atoms with Crippen molar-refractivity contribution in [1.82, 2.24) is 0 Å². The molecule has 0 saturated heterocycles. The molecule has 0 fully saturated rings. The van der Waals surface area contributed by atoms with Crippen molar-refractivity contribution in [2.75, 3.05) is 0 Å². The van der Waals surface area contributed by atoms with E-state index in [1.54, 1.807) is 0 Å². The van der Waals surface area contributed by atoms with Gasteiger partial charge in [-0.15, -0.1) is 0 Å². The Morgan fingerprint density at radius 3 is 1.80 bits per heavy atom. The van der Waals surface area contributed by atoms with Crippen LogP contribution in [0.4, 0.5) is 0 Å². The SMILES string of the molecule is BPB(C)C. The van der Waals surface area contributed by atoms with Gasteiger partial charge in [0.2, 0.25) is 0 Å². The van der Waals surface area contributed by atoms with Crippen LogP contribution in [0, 0.1) is 0 Å². The number of hydrogen-bond donors (Lipinski definition) is 0. The van der Waals surface area contributed by atoms with Gasteiger partial charge in [-0.1, -0.05) is 13.6 Å². The van der Waals surface area contributed by atoms with Crippen LogP contribution in [0.5, 0.6) is 0 Å². The molecular formula is C2H9B2P. The summed E-state index contributed by atoms with van der Waals surface area (Å²) < 4.78 is 0. The monoisotopic (exact) mass is 86.1 g/mol. The molecule has 0 aliphatic heterocycles. The predicted molar refractivity (Wildman–Crippen MR) is 34.3 cm³/mol. The maximum absolute atomic E-state index is 2.23. The molecule has 3 heteroatoms. The smallest absolute Gasteiger partial charge is 0.151 e. The maximum Gasteiger partial charge on any atom is 0.151 e. The van der Waals surface area contributed by atoms with E-state index in [0.29, 0.717) is 0 Å². The van der Waals surface area contributed by atoms with Crippen LogP contribution in [0.15, 0.2) is 0 Å². The van der Waals surface area contributed by atoms with Crippen LogP contribution in [0.25, 0.3) is 0 Å². The van der Waals surface area contributed by atoms with Gasteiger partial charge < -0.3 is 0 Å². The standard InChI is InChI=1S/C2H9B2P/c1-4(2)5-3/h5H,3H2,1-2H3. The minimum Gasteiger partial charge on any atom is -0.195 e. The summed E-state index contributed by atoms with van der Waals surface area (Å²) in [5, 5.41) is 0. The first-order chi connectivity index (χ1) is 2.27. The highest BCUT2D eigenvalue weighted by Gasteiger charge is 1.86. The van der Waals surface area contributed by atoms with Crippen molar-refractivity contribution >= 4 is 22.3 Å². The molecule has 5 heavy (non-hydrogen) atoms. The van der Waals surface area contributed by atoms with Crippen LogP contribution >= 0.6 is 8.34 Å². The molecule has 0 amide bonds. The van der Waals surface area contributed by atoms with E-state index in [9.17, 15) is 0 Å². The molecule has 0 aromatic carbocycles. The molecule has 0 saturated carbocycles. The average molecular weight is 85.7 g/mol. The summed E-state index contributed by atoms with van der Waals surface area (Å²) in [6, 6.07) is 0. The maximum atomic E-state index is 2.23. The lowest BCUT2D eigenvalue weighted by Crippen LogP contribution is -1.84. The fourth-order valence-corrected chi connectivity index (χ4v) is 0. The van der Waals surface area contributed by atoms with Crippen molar-refractivity contribution in [3.8, 4) is 0 Å². The lowest BCUT2D eigenvalue weighted by atomic mass is 9.84. The highest BCUT2D eigenvalue weighted by molar-refractivity contribution is 7.94. The van der Waals surface area contributed by atoms with Gasteiger partial charge >= 0.3 is 0 Å². The summed E-state index contributed by atoms with van der Waals surface area (Å²) in [7, 11) is 3.34. The fraction of sp³-hybridized carbons (Fsp3) is 1.00. The summed E-state index contributed by atoms with van der Waals surface area (Å²) in [5.41, 5.74) is 0. The Hall–Kier alpha value is 0.560. The second-order valence-electron chi connectivity index (χ2n) is 1.44. The summed E-state index contributed by atoms with van der Waals surface area (Å²) in [6.07, 6.45) is 0.912. The first-order valence-electron chi connectivity index (χ1n) is 1.94. The van der Waals surface area contributed by atoms with Crippen LogP contribution in [-0.2, 0) is 0 Å². The van der Waals surface area contributed by atoms with Crippen molar-refractivity contribution in [2.45, 2.75) is 13.6 Å². The molecule has 0 aromatic rings. The number of rotatable bonds is 1. The van der Waals surface area contributed by atoms with Crippen LogP contribution in [0.3, 0.4) is 0 Å². The van der Waals surface area contributed by atoms with Gasteiger partial charge in [-0.05, 0) is 0 Å². The lowest BCUT2D eigenvalue weighted by Gasteiger charge is -1.85. The van der Waals surface area contributed by atoms with Gasteiger partial charge in [0, 0.05) is 0 Å². The molecule has 0 radical (unpaired) electrons. The Kier molecular flexibility index (Phi) is 3.09.